The Hall–Kier alpha value is -1.43. The zero-order chi connectivity index (χ0) is 10.9. The lowest BCUT2D eigenvalue weighted by molar-refractivity contribution is 0.0993. The van der Waals surface area contributed by atoms with E-state index < -0.39 is 34.1 Å². The Labute approximate surface area is 82.6 Å². The Morgan fingerprint density at radius 1 is 1.57 bits per heavy atom. The molecule has 1 rings (SSSR count). The highest BCUT2D eigenvalue weighted by Crippen LogP contribution is 2.28. The van der Waals surface area contributed by atoms with Crippen molar-refractivity contribution in [2.75, 3.05) is 7.11 Å². The molecule has 0 radical (unpaired) electrons. The van der Waals surface area contributed by atoms with E-state index in [1.165, 1.54) is 0 Å². The van der Waals surface area contributed by atoms with Crippen LogP contribution in [0.15, 0.2) is 0 Å². The maximum absolute atomic E-state index is 13.1. The summed E-state index contributed by atoms with van der Waals surface area (Å²) in [4.78, 5) is 13.7. The van der Waals surface area contributed by atoms with Gasteiger partial charge in [-0.25, -0.2) is 9.37 Å². The number of nitrogens with two attached hydrogens (primary N) is 1. The summed E-state index contributed by atoms with van der Waals surface area (Å²) in [5.74, 6) is -4.34. The third-order valence-electron chi connectivity index (χ3n) is 1.43. The van der Waals surface area contributed by atoms with Crippen molar-refractivity contribution in [2.24, 2.45) is 5.73 Å². The molecule has 2 N–H and O–H groups in total. The van der Waals surface area contributed by atoms with Crippen LogP contribution >= 0.6 is 11.6 Å². The molecule has 4 nitrogen and oxygen atoms in total. The number of hydrogen-bond acceptors (Lipinski definition) is 3. The molecule has 0 saturated carbocycles. The number of ether oxygens (including phenoxy) is 1. The number of pyridine rings is 1. The number of carbonyl (C=O) groups is 1. The Bertz CT molecular complexity index is 398. The second-order valence-electron chi connectivity index (χ2n) is 2.28. The van der Waals surface area contributed by atoms with E-state index in [1.807, 2.05) is 0 Å². The smallest absolute Gasteiger partial charge is 0.269 e. The number of hydrogen-bond donors (Lipinski definition) is 1. The maximum atomic E-state index is 13.1. The van der Waals surface area contributed by atoms with Gasteiger partial charge in [0.05, 0.1) is 7.11 Å². The summed E-state index contributed by atoms with van der Waals surface area (Å²) in [6.45, 7) is 0. The van der Waals surface area contributed by atoms with Gasteiger partial charge in [0.15, 0.2) is 11.5 Å². The first-order valence-electron chi connectivity index (χ1n) is 3.37. The van der Waals surface area contributed by atoms with Gasteiger partial charge in [-0.2, -0.15) is 4.39 Å². The number of halogens is 3. The molecule has 0 saturated heterocycles. The summed E-state index contributed by atoms with van der Waals surface area (Å²) < 4.78 is 30.4. The minimum atomic E-state index is -1.27. The molecular weight excluding hydrogens is 218 g/mol. The van der Waals surface area contributed by atoms with Crippen molar-refractivity contribution < 1.29 is 18.3 Å². The maximum Gasteiger partial charge on any atom is 0.269 e. The minimum Gasteiger partial charge on any atom is -0.490 e. The van der Waals surface area contributed by atoms with Crippen LogP contribution < -0.4 is 10.5 Å². The summed E-state index contributed by atoms with van der Waals surface area (Å²) in [5.41, 5.74) is 4.12. The van der Waals surface area contributed by atoms with Crippen molar-refractivity contribution in [1.29, 1.82) is 0 Å². The Morgan fingerprint density at radius 3 is 2.57 bits per heavy atom. The van der Waals surface area contributed by atoms with E-state index in [4.69, 9.17) is 17.3 Å². The molecule has 14 heavy (non-hydrogen) atoms. The highest BCUT2D eigenvalue weighted by molar-refractivity contribution is 6.33. The summed E-state index contributed by atoms with van der Waals surface area (Å²) in [7, 11) is 1.05. The second-order valence-corrected chi connectivity index (χ2v) is 2.65. The fourth-order valence-corrected chi connectivity index (χ4v) is 1.05. The molecule has 0 aliphatic rings. The third kappa shape index (κ3) is 1.60. The minimum absolute atomic E-state index is 0.657. The van der Waals surface area contributed by atoms with Gasteiger partial charge in [0, 0.05) is 0 Å². The molecule has 1 aromatic rings. The first-order valence-corrected chi connectivity index (χ1v) is 3.75. The lowest BCUT2D eigenvalue weighted by atomic mass is 10.3. The average molecular weight is 223 g/mol. The van der Waals surface area contributed by atoms with E-state index in [1.54, 1.807) is 0 Å². The molecule has 0 aromatic carbocycles. The highest BCUT2D eigenvalue weighted by Gasteiger charge is 2.22. The molecule has 0 bridgehead atoms. The van der Waals surface area contributed by atoms with Gasteiger partial charge in [-0.3, -0.25) is 4.79 Å². The Balaban J connectivity index is 3.47. The van der Waals surface area contributed by atoms with Crippen LogP contribution in [0.4, 0.5) is 8.78 Å². The molecule has 1 aromatic heterocycles. The number of amides is 1. The second kappa shape index (κ2) is 3.75. The SMILES string of the molecule is COc1c(F)nc(C(N)=O)c(Cl)c1F. The summed E-state index contributed by atoms with van der Waals surface area (Å²) >= 11 is 5.36. The van der Waals surface area contributed by atoms with E-state index in [0.717, 1.165) is 7.11 Å². The van der Waals surface area contributed by atoms with Crippen LogP contribution in [0.2, 0.25) is 5.02 Å². The summed E-state index contributed by atoms with van der Waals surface area (Å²) in [6, 6.07) is 0. The third-order valence-corrected chi connectivity index (χ3v) is 1.78. The zero-order valence-electron chi connectivity index (χ0n) is 6.97. The molecule has 1 amide bonds. The molecular formula is C7H5ClF2N2O2. The predicted molar refractivity (Wildman–Crippen MR) is 44.2 cm³/mol. The largest absolute Gasteiger partial charge is 0.490 e. The molecule has 76 valence electrons. The first kappa shape index (κ1) is 10.6. The molecule has 7 heteroatoms. The van der Waals surface area contributed by atoms with Crippen molar-refractivity contribution >= 4 is 17.5 Å². The normalized spacial score (nSPS) is 10.0. The summed E-state index contributed by atoms with van der Waals surface area (Å²) in [6.07, 6.45) is 0. The zero-order valence-corrected chi connectivity index (χ0v) is 7.73. The Kier molecular flexibility index (Phi) is 2.85. The summed E-state index contributed by atoms with van der Waals surface area (Å²) in [5, 5.41) is -0.657. The molecule has 0 spiro atoms. The quantitative estimate of drug-likeness (QED) is 0.763. The molecule has 1 heterocycles. The van der Waals surface area contributed by atoms with Crippen molar-refractivity contribution in [1.82, 2.24) is 4.98 Å². The van der Waals surface area contributed by atoms with Crippen LogP contribution in [-0.2, 0) is 0 Å². The molecule has 0 fully saturated rings. The van der Waals surface area contributed by atoms with Gasteiger partial charge in [0.1, 0.15) is 5.02 Å². The van der Waals surface area contributed by atoms with E-state index in [2.05, 4.69) is 9.72 Å². The predicted octanol–water partition coefficient (Wildman–Crippen LogP) is 1.12. The van der Waals surface area contributed by atoms with Crippen LogP contribution in [0, 0.1) is 11.8 Å². The van der Waals surface area contributed by atoms with Crippen molar-refractivity contribution in [3.8, 4) is 5.75 Å². The van der Waals surface area contributed by atoms with Gasteiger partial charge in [0.2, 0.25) is 5.75 Å². The van der Waals surface area contributed by atoms with Crippen molar-refractivity contribution in [2.45, 2.75) is 0 Å². The lowest BCUT2D eigenvalue weighted by Gasteiger charge is -2.06. The molecule has 0 unspecified atom stereocenters. The van der Waals surface area contributed by atoms with E-state index in [-0.39, 0.29) is 0 Å². The number of primary amides is 1. The Morgan fingerprint density at radius 2 is 2.14 bits per heavy atom. The topological polar surface area (TPSA) is 65.2 Å². The fourth-order valence-electron chi connectivity index (χ4n) is 0.829. The molecule has 0 aliphatic carbocycles. The highest BCUT2D eigenvalue weighted by atomic mass is 35.5. The fraction of sp³-hybridized carbons (Fsp3) is 0.143. The van der Waals surface area contributed by atoms with Gasteiger partial charge >= 0.3 is 0 Å². The average Bonchev–Trinajstić information content (AvgIpc) is 2.12. The van der Waals surface area contributed by atoms with E-state index in [9.17, 15) is 13.6 Å². The number of methoxy groups -OCH3 is 1. The standard InChI is InChI=1S/C7H5ClF2N2O2/c1-14-5-3(9)2(8)4(7(11)13)12-6(5)10/h1H3,(H2,11,13). The van der Waals surface area contributed by atoms with Crippen LogP contribution in [0.25, 0.3) is 0 Å². The van der Waals surface area contributed by atoms with Crippen molar-refractivity contribution in [3.63, 3.8) is 0 Å². The number of aromatic nitrogens is 1. The van der Waals surface area contributed by atoms with Gasteiger partial charge in [-0.1, -0.05) is 11.6 Å². The lowest BCUT2D eigenvalue weighted by Crippen LogP contribution is -2.16. The van der Waals surface area contributed by atoms with Gasteiger partial charge in [-0.05, 0) is 0 Å². The van der Waals surface area contributed by atoms with Crippen molar-refractivity contribution in [3.05, 3.63) is 22.5 Å². The van der Waals surface area contributed by atoms with Gasteiger partial charge in [0.25, 0.3) is 11.9 Å². The number of carbonyl (C=O) groups excluding carboxylic acids is 1. The van der Waals surface area contributed by atoms with Gasteiger partial charge < -0.3 is 10.5 Å². The van der Waals surface area contributed by atoms with Crippen LogP contribution in [-0.4, -0.2) is 18.0 Å². The molecule has 0 aliphatic heterocycles. The number of nitrogens with zero attached hydrogens (tertiary/aromatic N) is 1. The van der Waals surface area contributed by atoms with Crippen LogP contribution in [0.3, 0.4) is 0 Å². The number of rotatable bonds is 2. The van der Waals surface area contributed by atoms with E-state index in [0.29, 0.717) is 0 Å². The van der Waals surface area contributed by atoms with E-state index >= 15 is 0 Å². The van der Waals surface area contributed by atoms with Crippen LogP contribution in [0.5, 0.6) is 5.75 Å². The van der Waals surface area contributed by atoms with Gasteiger partial charge in [-0.15, -0.1) is 0 Å². The van der Waals surface area contributed by atoms with Crippen LogP contribution in [0.1, 0.15) is 10.5 Å². The first-order chi connectivity index (χ1) is 6.49. The monoisotopic (exact) mass is 222 g/mol. The molecule has 0 atom stereocenters.